The molecule has 0 radical (unpaired) electrons. The summed E-state index contributed by atoms with van der Waals surface area (Å²) in [4.78, 5) is 14.8. The molecule has 4 rings (SSSR count). The molecule has 2 amide bonds. The van der Waals surface area contributed by atoms with Crippen molar-refractivity contribution in [2.24, 2.45) is 0 Å². The van der Waals surface area contributed by atoms with Gasteiger partial charge in [-0.2, -0.15) is 0 Å². The van der Waals surface area contributed by atoms with E-state index in [0.717, 1.165) is 47.8 Å². The van der Waals surface area contributed by atoms with E-state index in [1.54, 1.807) is 0 Å². The van der Waals surface area contributed by atoms with Gasteiger partial charge in [-0.15, -0.1) is 0 Å². The van der Waals surface area contributed by atoms with Crippen molar-refractivity contribution < 1.29 is 9.18 Å². The Morgan fingerprint density at radius 1 is 0.963 bits per heavy atom. The van der Waals surface area contributed by atoms with Crippen molar-refractivity contribution in [1.82, 2.24) is 4.90 Å². The Morgan fingerprint density at radius 3 is 2.59 bits per heavy atom. The third kappa shape index (κ3) is 3.95. The summed E-state index contributed by atoms with van der Waals surface area (Å²) in [6.07, 6.45) is 3.07. The summed E-state index contributed by atoms with van der Waals surface area (Å²) < 4.78 is 13.2. The van der Waals surface area contributed by atoms with Gasteiger partial charge >= 0.3 is 6.03 Å². The standard InChI is InChI=1S/C23H23FN2O/c24-20-13-11-17(12-14-20)19-7-3-4-15-26(16-19)23(27)25-22-10-5-8-18-6-1-2-9-21(18)22/h1-2,5-6,8-14,19H,3-4,7,15-16H2,(H,25,27). The SMILES string of the molecule is O=C(Nc1cccc2ccccc12)N1CCCCC(c2ccc(F)cc2)C1. The van der Waals surface area contributed by atoms with E-state index >= 15 is 0 Å². The fourth-order valence-corrected chi connectivity index (χ4v) is 3.86. The maximum Gasteiger partial charge on any atom is 0.321 e. The van der Waals surface area contributed by atoms with E-state index in [-0.39, 0.29) is 17.8 Å². The molecule has 0 bridgehead atoms. The largest absolute Gasteiger partial charge is 0.324 e. The van der Waals surface area contributed by atoms with Gasteiger partial charge in [0.05, 0.1) is 5.69 Å². The van der Waals surface area contributed by atoms with Crippen molar-refractivity contribution in [2.45, 2.75) is 25.2 Å². The number of amides is 2. The van der Waals surface area contributed by atoms with Crippen LogP contribution in [0.15, 0.2) is 66.7 Å². The molecule has 27 heavy (non-hydrogen) atoms. The monoisotopic (exact) mass is 362 g/mol. The number of fused-ring (bicyclic) bond motifs is 1. The quantitative estimate of drug-likeness (QED) is 0.616. The van der Waals surface area contributed by atoms with E-state index in [4.69, 9.17) is 0 Å². The molecule has 1 atom stereocenters. The van der Waals surface area contributed by atoms with E-state index in [1.165, 1.54) is 12.1 Å². The topological polar surface area (TPSA) is 32.3 Å². The molecule has 0 aliphatic carbocycles. The van der Waals surface area contributed by atoms with Crippen molar-refractivity contribution in [3.05, 3.63) is 78.1 Å². The number of nitrogens with zero attached hydrogens (tertiary/aromatic N) is 1. The van der Waals surface area contributed by atoms with Gasteiger partial charge in [0.2, 0.25) is 0 Å². The van der Waals surface area contributed by atoms with Crippen LogP contribution in [0.1, 0.15) is 30.7 Å². The van der Waals surface area contributed by atoms with Crippen LogP contribution in [0.25, 0.3) is 10.8 Å². The molecule has 1 aliphatic rings. The molecule has 1 aliphatic heterocycles. The third-order valence-corrected chi connectivity index (χ3v) is 5.33. The molecule has 1 N–H and O–H groups in total. The van der Waals surface area contributed by atoms with Gasteiger partial charge in [-0.3, -0.25) is 0 Å². The van der Waals surface area contributed by atoms with Gasteiger partial charge in [-0.05, 0) is 42.0 Å². The predicted molar refractivity (Wildman–Crippen MR) is 108 cm³/mol. The predicted octanol–water partition coefficient (Wildman–Crippen LogP) is 5.78. The fraction of sp³-hybridized carbons (Fsp3) is 0.261. The van der Waals surface area contributed by atoms with Crippen LogP contribution in [0.4, 0.5) is 14.9 Å². The summed E-state index contributed by atoms with van der Waals surface area (Å²) in [5.41, 5.74) is 1.93. The number of anilines is 1. The van der Waals surface area contributed by atoms with Gasteiger partial charge in [0.1, 0.15) is 5.82 Å². The molecule has 3 aromatic rings. The Bertz CT molecular complexity index is 933. The van der Waals surface area contributed by atoms with Crippen LogP contribution >= 0.6 is 0 Å². The first-order valence-corrected chi connectivity index (χ1v) is 9.50. The molecule has 4 heteroatoms. The Kier molecular flexibility index (Phi) is 5.05. The van der Waals surface area contributed by atoms with Crippen molar-refractivity contribution in [3.63, 3.8) is 0 Å². The average Bonchev–Trinajstić information content (AvgIpc) is 2.95. The molecule has 3 nitrogen and oxygen atoms in total. The maximum atomic E-state index is 13.2. The average molecular weight is 362 g/mol. The molecule has 1 fully saturated rings. The van der Waals surface area contributed by atoms with Crippen LogP contribution < -0.4 is 5.32 Å². The first kappa shape index (κ1) is 17.5. The molecule has 1 heterocycles. The number of halogens is 1. The Balaban J connectivity index is 1.52. The van der Waals surface area contributed by atoms with Crippen molar-refractivity contribution in [3.8, 4) is 0 Å². The number of rotatable bonds is 2. The van der Waals surface area contributed by atoms with Gasteiger partial charge in [0, 0.05) is 24.4 Å². The van der Waals surface area contributed by atoms with Crippen LogP contribution in [0.5, 0.6) is 0 Å². The molecule has 138 valence electrons. The molecule has 0 aromatic heterocycles. The number of hydrogen-bond acceptors (Lipinski definition) is 1. The molecular weight excluding hydrogens is 339 g/mol. The summed E-state index contributed by atoms with van der Waals surface area (Å²) in [5.74, 6) is 0.0179. The highest BCUT2D eigenvalue weighted by Gasteiger charge is 2.23. The van der Waals surface area contributed by atoms with E-state index < -0.39 is 0 Å². The first-order chi connectivity index (χ1) is 13.2. The maximum absolute atomic E-state index is 13.2. The Hall–Kier alpha value is -2.88. The Morgan fingerprint density at radius 2 is 1.74 bits per heavy atom. The van der Waals surface area contributed by atoms with Gasteiger partial charge in [-0.25, -0.2) is 9.18 Å². The van der Waals surface area contributed by atoms with Crippen molar-refractivity contribution in [1.29, 1.82) is 0 Å². The van der Waals surface area contributed by atoms with Crippen LogP contribution in [0, 0.1) is 5.82 Å². The second-order valence-corrected chi connectivity index (χ2v) is 7.15. The van der Waals surface area contributed by atoms with Crippen LogP contribution in [-0.4, -0.2) is 24.0 Å². The van der Waals surface area contributed by atoms with E-state index in [2.05, 4.69) is 5.32 Å². The second kappa shape index (κ2) is 7.78. The lowest BCUT2D eigenvalue weighted by Crippen LogP contribution is -2.37. The normalized spacial score (nSPS) is 17.5. The zero-order chi connectivity index (χ0) is 18.6. The number of carbonyl (C=O) groups excluding carboxylic acids is 1. The second-order valence-electron chi connectivity index (χ2n) is 7.15. The molecule has 1 saturated heterocycles. The minimum Gasteiger partial charge on any atom is -0.324 e. The zero-order valence-corrected chi connectivity index (χ0v) is 15.2. The summed E-state index contributed by atoms with van der Waals surface area (Å²) >= 11 is 0. The minimum absolute atomic E-state index is 0.0691. The number of hydrogen-bond donors (Lipinski definition) is 1. The van der Waals surface area contributed by atoms with Crippen LogP contribution in [0.3, 0.4) is 0 Å². The number of urea groups is 1. The number of benzene rings is 3. The lowest BCUT2D eigenvalue weighted by Gasteiger charge is -2.25. The number of nitrogens with one attached hydrogen (secondary N) is 1. The Labute approximate surface area is 158 Å². The first-order valence-electron chi connectivity index (χ1n) is 9.50. The number of carbonyl (C=O) groups is 1. The summed E-state index contributed by atoms with van der Waals surface area (Å²) in [7, 11) is 0. The molecular formula is C23H23FN2O. The fourth-order valence-electron chi connectivity index (χ4n) is 3.86. The highest BCUT2D eigenvalue weighted by molar-refractivity contribution is 6.01. The van der Waals surface area contributed by atoms with Crippen LogP contribution in [-0.2, 0) is 0 Å². The van der Waals surface area contributed by atoms with Crippen LogP contribution in [0.2, 0.25) is 0 Å². The van der Waals surface area contributed by atoms with Gasteiger partial charge < -0.3 is 10.2 Å². The lowest BCUT2D eigenvalue weighted by atomic mass is 9.94. The highest BCUT2D eigenvalue weighted by atomic mass is 19.1. The molecule has 0 spiro atoms. The summed E-state index contributed by atoms with van der Waals surface area (Å²) in [5, 5.41) is 5.24. The lowest BCUT2D eigenvalue weighted by molar-refractivity contribution is 0.211. The number of likely N-dealkylation sites (tertiary alicyclic amines) is 1. The summed E-state index contributed by atoms with van der Waals surface area (Å²) in [6.45, 7) is 1.40. The van der Waals surface area contributed by atoms with Gasteiger partial charge in [-0.1, -0.05) is 55.0 Å². The summed E-state index contributed by atoms with van der Waals surface area (Å²) in [6, 6.07) is 20.6. The van der Waals surface area contributed by atoms with E-state index in [0.29, 0.717) is 6.54 Å². The minimum atomic E-state index is -0.224. The van der Waals surface area contributed by atoms with Gasteiger partial charge in [0.15, 0.2) is 0 Å². The molecule has 1 unspecified atom stereocenters. The van der Waals surface area contributed by atoms with Gasteiger partial charge in [0.25, 0.3) is 0 Å². The van der Waals surface area contributed by atoms with E-state index in [1.807, 2.05) is 59.5 Å². The molecule has 0 saturated carbocycles. The smallest absolute Gasteiger partial charge is 0.321 e. The van der Waals surface area contributed by atoms with Crippen molar-refractivity contribution >= 4 is 22.5 Å². The highest BCUT2D eigenvalue weighted by Crippen LogP contribution is 2.28. The van der Waals surface area contributed by atoms with Crippen molar-refractivity contribution in [2.75, 3.05) is 18.4 Å². The molecule has 3 aromatic carbocycles. The third-order valence-electron chi connectivity index (χ3n) is 5.33. The van der Waals surface area contributed by atoms with E-state index in [9.17, 15) is 9.18 Å². The zero-order valence-electron chi connectivity index (χ0n) is 15.2.